The van der Waals surface area contributed by atoms with E-state index in [9.17, 15) is 4.20 Å². The fourth-order valence-corrected chi connectivity index (χ4v) is 2.97. The topological polar surface area (TPSA) is 36.9 Å². The highest BCUT2D eigenvalue weighted by atomic mass is 31.2. The molecule has 13 heavy (non-hydrogen) atoms. The van der Waals surface area contributed by atoms with Gasteiger partial charge in [0.15, 0.2) is 8.38 Å². The van der Waals surface area contributed by atoms with Crippen molar-refractivity contribution in [2.75, 3.05) is 33.1 Å². The zero-order valence-electron chi connectivity index (χ0n) is 7.23. The van der Waals surface area contributed by atoms with Gasteiger partial charge >= 0.3 is 8.69 Å². The molecule has 0 aromatic carbocycles. The standard InChI is InChI=1S/C6H11FO4P2/c1-12-8-2-6(3-9-12)4-10-13(7)11-5-6/h2-5H2,1H3. The largest absolute Gasteiger partial charge is 0.374 e. The fraction of sp³-hybridized carbons (Fsp3) is 1.00. The second-order valence-electron chi connectivity index (χ2n) is 3.25. The maximum absolute atomic E-state index is 12.5. The average molecular weight is 228 g/mol. The van der Waals surface area contributed by atoms with Crippen molar-refractivity contribution in [3.05, 3.63) is 0 Å². The molecule has 0 saturated carbocycles. The number of hydrogen-bond donors (Lipinski definition) is 0. The minimum Gasteiger partial charge on any atom is -0.333 e. The first kappa shape index (κ1) is 10.2. The smallest absolute Gasteiger partial charge is 0.333 e. The summed E-state index contributed by atoms with van der Waals surface area (Å²) in [5.41, 5.74) is -0.278. The van der Waals surface area contributed by atoms with Crippen molar-refractivity contribution in [3.63, 3.8) is 0 Å². The third-order valence-corrected chi connectivity index (χ3v) is 3.70. The Kier molecular flexibility index (Phi) is 3.14. The molecule has 0 bridgehead atoms. The lowest BCUT2D eigenvalue weighted by molar-refractivity contribution is -0.0572. The highest BCUT2D eigenvalue weighted by Gasteiger charge is 2.42. The lowest BCUT2D eigenvalue weighted by Gasteiger charge is -2.40. The molecular weight excluding hydrogens is 217 g/mol. The van der Waals surface area contributed by atoms with Crippen LogP contribution in [0.2, 0.25) is 0 Å². The zero-order chi connectivity index (χ0) is 9.31. The number of hydrogen-bond acceptors (Lipinski definition) is 4. The van der Waals surface area contributed by atoms with Crippen LogP contribution < -0.4 is 0 Å². The van der Waals surface area contributed by atoms with Gasteiger partial charge in [-0.15, -0.1) is 0 Å². The molecule has 0 aliphatic carbocycles. The summed E-state index contributed by atoms with van der Waals surface area (Å²) in [5.74, 6) is 0. The van der Waals surface area contributed by atoms with Gasteiger partial charge in [0.1, 0.15) is 0 Å². The summed E-state index contributed by atoms with van der Waals surface area (Å²) in [7, 11) is -2.91. The molecule has 2 aliphatic rings. The highest BCUT2D eigenvalue weighted by molar-refractivity contribution is 7.46. The molecule has 0 unspecified atom stereocenters. The van der Waals surface area contributed by atoms with Gasteiger partial charge in [0.05, 0.1) is 31.8 Å². The van der Waals surface area contributed by atoms with Crippen molar-refractivity contribution in [2.24, 2.45) is 5.41 Å². The van der Waals surface area contributed by atoms with Crippen molar-refractivity contribution in [1.82, 2.24) is 0 Å². The predicted octanol–water partition coefficient (Wildman–Crippen LogP) is 2.20. The zero-order valence-corrected chi connectivity index (χ0v) is 9.02. The van der Waals surface area contributed by atoms with E-state index in [2.05, 4.69) is 0 Å². The maximum atomic E-state index is 12.5. The lowest BCUT2D eigenvalue weighted by atomic mass is 9.93. The van der Waals surface area contributed by atoms with Gasteiger partial charge in [-0.2, -0.15) is 4.20 Å². The first-order chi connectivity index (χ1) is 6.20. The Morgan fingerprint density at radius 2 is 1.46 bits per heavy atom. The van der Waals surface area contributed by atoms with Gasteiger partial charge in [-0.1, -0.05) is 0 Å². The summed E-state index contributed by atoms with van der Waals surface area (Å²) < 4.78 is 32.9. The van der Waals surface area contributed by atoms with Crippen LogP contribution in [0, 0.1) is 5.41 Å². The van der Waals surface area contributed by atoms with Crippen LogP contribution in [0.5, 0.6) is 0 Å². The second-order valence-corrected chi connectivity index (χ2v) is 5.58. The summed E-state index contributed by atoms with van der Waals surface area (Å²) in [5, 5.41) is 0. The van der Waals surface area contributed by atoms with Crippen LogP contribution in [0.3, 0.4) is 0 Å². The Labute approximate surface area is 78.6 Å². The fourth-order valence-electron chi connectivity index (χ4n) is 1.16. The molecule has 2 heterocycles. The van der Waals surface area contributed by atoms with E-state index in [4.69, 9.17) is 18.1 Å². The van der Waals surface area contributed by atoms with Gasteiger partial charge in [0.25, 0.3) is 0 Å². The van der Waals surface area contributed by atoms with Gasteiger partial charge in [-0.25, -0.2) is 0 Å². The molecule has 1 spiro atoms. The molecule has 2 fully saturated rings. The molecule has 2 rings (SSSR count). The number of halogens is 1. The first-order valence-electron chi connectivity index (χ1n) is 3.92. The molecule has 4 nitrogen and oxygen atoms in total. The molecular formula is C6H11FO4P2. The Morgan fingerprint density at radius 1 is 1.00 bits per heavy atom. The van der Waals surface area contributed by atoms with Crippen LogP contribution >= 0.6 is 17.1 Å². The minimum atomic E-state index is -2.16. The van der Waals surface area contributed by atoms with E-state index in [-0.39, 0.29) is 5.41 Å². The molecule has 2 aliphatic heterocycles. The van der Waals surface area contributed by atoms with E-state index in [1.807, 2.05) is 6.66 Å². The van der Waals surface area contributed by atoms with E-state index in [0.29, 0.717) is 26.4 Å². The summed E-state index contributed by atoms with van der Waals surface area (Å²) in [6.07, 6.45) is 0. The predicted molar refractivity (Wildman–Crippen MR) is 47.1 cm³/mol. The summed E-state index contributed by atoms with van der Waals surface area (Å²) in [6, 6.07) is 0. The van der Waals surface area contributed by atoms with Gasteiger partial charge < -0.3 is 18.1 Å². The molecule has 7 heteroatoms. The van der Waals surface area contributed by atoms with Crippen LogP contribution in [0.15, 0.2) is 0 Å². The lowest BCUT2D eigenvalue weighted by Crippen LogP contribution is -2.44. The van der Waals surface area contributed by atoms with Crippen LogP contribution in [0.25, 0.3) is 0 Å². The van der Waals surface area contributed by atoms with Gasteiger partial charge in [-0.05, 0) is 0 Å². The van der Waals surface area contributed by atoms with E-state index in [1.165, 1.54) is 0 Å². The Hall–Kier alpha value is 0.630. The normalized spacial score (nSPS) is 46.6. The van der Waals surface area contributed by atoms with Crippen molar-refractivity contribution in [1.29, 1.82) is 0 Å². The van der Waals surface area contributed by atoms with E-state index in [1.54, 1.807) is 0 Å². The van der Waals surface area contributed by atoms with Crippen molar-refractivity contribution < 1.29 is 22.3 Å². The maximum Gasteiger partial charge on any atom is 0.374 e. The van der Waals surface area contributed by atoms with Crippen LogP contribution in [0.4, 0.5) is 4.20 Å². The molecule has 0 amide bonds. The first-order valence-corrected chi connectivity index (χ1v) is 6.61. The van der Waals surface area contributed by atoms with Gasteiger partial charge in [-0.3, -0.25) is 0 Å². The molecule has 0 N–H and O–H groups in total. The second kappa shape index (κ2) is 4.01. The van der Waals surface area contributed by atoms with Gasteiger partial charge in [0.2, 0.25) is 0 Å². The average Bonchev–Trinajstić information content (AvgIpc) is 2.16. The highest BCUT2D eigenvalue weighted by Crippen LogP contribution is 2.51. The van der Waals surface area contributed by atoms with E-state index < -0.39 is 17.1 Å². The minimum absolute atomic E-state index is 0.278. The van der Waals surface area contributed by atoms with Crippen LogP contribution in [-0.2, 0) is 18.1 Å². The van der Waals surface area contributed by atoms with Crippen molar-refractivity contribution in [3.8, 4) is 0 Å². The van der Waals surface area contributed by atoms with E-state index in [0.717, 1.165) is 0 Å². The third-order valence-electron chi connectivity index (χ3n) is 2.05. The molecule has 0 radical (unpaired) electrons. The monoisotopic (exact) mass is 228 g/mol. The summed E-state index contributed by atoms with van der Waals surface area (Å²) in [6.45, 7) is 3.64. The Balaban J connectivity index is 1.90. The molecule has 0 atom stereocenters. The van der Waals surface area contributed by atoms with Gasteiger partial charge in [0, 0.05) is 6.66 Å². The van der Waals surface area contributed by atoms with Crippen molar-refractivity contribution >= 4 is 17.1 Å². The number of rotatable bonds is 0. The molecule has 0 aromatic heterocycles. The quantitative estimate of drug-likeness (QED) is 0.595. The molecule has 2 saturated heterocycles. The third kappa shape index (κ3) is 2.35. The van der Waals surface area contributed by atoms with Crippen molar-refractivity contribution in [2.45, 2.75) is 0 Å². The molecule has 76 valence electrons. The molecule has 0 aromatic rings. The van der Waals surface area contributed by atoms with Crippen LogP contribution in [-0.4, -0.2) is 33.1 Å². The Morgan fingerprint density at radius 3 is 2.00 bits per heavy atom. The van der Waals surface area contributed by atoms with Crippen LogP contribution in [0.1, 0.15) is 0 Å². The SMILES string of the molecule is CP1OCC2(CO1)COP(F)OC2. The summed E-state index contributed by atoms with van der Waals surface area (Å²) >= 11 is 0. The summed E-state index contributed by atoms with van der Waals surface area (Å²) in [4.78, 5) is 0. The Bertz CT molecular complexity index is 154. The van der Waals surface area contributed by atoms with E-state index >= 15 is 0 Å².